The maximum absolute atomic E-state index is 13.0. The quantitative estimate of drug-likeness (QED) is 0.202. The smallest absolute Gasteiger partial charge is 0.306 e. The molecule has 5 N–H and O–H groups in total. The molecule has 0 bridgehead atoms. The van der Waals surface area contributed by atoms with E-state index in [1.807, 2.05) is 72.5 Å². The standard InChI is InChI=1S/C42H80N2O13/c1-16-18-31(45)55-37-27(7)44(14)22-23(3)20-40(9,49)36(57-39-33(46)29(43(12)13)19-24(4)52-39)25(5)34(26(6)38(48)54-30(17-2)42(37,11)50)56-32-21-41(10,51-15)35(47)28(8)53-32/h23-30,32-39,46-50H,16-22H2,1-15H3/t23-,24-,25+,26-,27-,28+,29?,30-,32+,33-,34+,35+,36-,37-,38?,39+,40-,41-,42-/m1/s1. The minimum atomic E-state index is -1.75. The molecule has 0 saturated carbocycles. The van der Waals surface area contributed by atoms with Crippen LogP contribution in [0.3, 0.4) is 0 Å². The monoisotopic (exact) mass is 821 g/mol. The number of nitrogens with zero attached hydrogens (tertiary/aromatic N) is 2. The highest BCUT2D eigenvalue weighted by Gasteiger charge is 2.53. The van der Waals surface area contributed by atoms with Gasteiger partial charge < -0.3 is 63.6 Å². The first-order chi connectivity index (χ1) is 26.3. The summed E-state index contributed by atoms with van der Waals surface area (Å²) >= 11 is 0. The van der Waals surface area contributed by atoms with Gasteiger partial charge in [-0.1, -0.05) is 34.6 Å². The van der Waals surface area contributed by atoms with Gasteiger partial charge in [0.05, 0.1) is 41.7 Å². The lowest BCUT2D eigenvalue weighted by Gasteiger charge is -2.49. The molecule has 0 aromatic heterocycles. The van der Waals surface area contributed by atoms with Gasteiger partial charge in [-0.25, -0.2) is 0 Å². The van der Waals surface area contributed by atoms with Crippen LogP contribution in [0.2, 0.25) is 0 Å². The average Bonchev–Trinajstić information content (AvgIpc) is 3.12. The van der Waals surface area contributed by atoms with Crippen LogP contribution >= 0.6 is 0 Å². The number of aliphatic hydroxyl groups is 5. The van der Waals surface area contributed by atoms with Gasteiger partial charge in [0, 0.05) is 50.4 Å². The molecule has 0 aliphatic carbocycles. The summed E-state index contributed by atoms with van der Waals surface area (Å²) in [7, 11) is 7.19. The van der Waals surface area contributed by atoms with Crippen molar-refractivity contribution in [3.63, 3.8) is 0 Å². The number of hydrogen-bond donors (Lipinski definition) is 5. The van der Waals surface area contributed by atoms with E-state index in [1.54, 1.807) is 34.6 Å². The number of aliphatic hydroxyl groups excluding tert-OH is 3. The van der Waals surface area contributed by atoms with E-state index >= 15 is 0 Å². The van der Waals surface area contributed by atoms with Gasteiger partial charge in [0.2, 0.25) is 0 Å². The number of methoxy groups -OCH3 is 1. The summed E-state index contributed by atoms with van der Waals surface area (Å²) in [5.41, 5.74) is -4.33. The van der Waals surface area contributed by atoms with Crippen LogP contribution in [0.5, 0.6) is 0 Å². The van der Waals surface area contributed by atoms with Crippen LogP contribution in [-0.2, 0) is 38.0 Å². The van der Waals surface area contributed by atoms with Crippen LogP contribution in [0.15, 0.2) is 0 Å². The highest BCUT2D eigenvalue weighted by molar-refractivity contribution is 5.69. The molecule has 3 fully saturated rings. The molecule has 336 valence electrons. The molecule has 57 heavy (non-hydrogen) atoms. The van der Waals surface area contributed by atoms with Crippen LogP contribution in [0.1, 0.15) is 115 Å². The van der Waals surface area contributed by atoms with Gasteiger partial charge in [-0.05, 0) is 94.3 Å². The largest absolute Gasteiger partial charge is 0.458 e. The van der Waals surface area contributed by atoms with Gasteiger partial charge in [-0.15, -0.1) is 0 Å². The van der Waals surface area contributed by atoms with Crippen molar-refractivity contribution in [1.82, 2.24) is 9.80 Å². The number of carbonyl (C=O) groups is 1. The normalized spacial score (nSPS) is 47.6. The predicted molar refractivity (Wildman–Crippen MR) is 214 cm³/mol. The number of likely N-dealkylation sites (N-methyl/N-ethyl adjacent to an activating group) is 2. The SMILES string of the molecule is CCCC(=O)O[C@@H]1[C@@H](C)N(C)C[C@H](C)C[C@@](C)(O)[C@H](O[C@@H]2O[C@H](C)CC(N(C)C)[C@H]2O)[C@@H](C)[C@H](O[C@H]2C[C@@](C)(OC)[C@@H](O)[C@H](C)O2)[C@@H](C)C(O)O[C@H](CC)[C@@]1(C)O. The molecule has 3 heterocycles. The summed E-state index contributed by atoms with van der Waals surface area (Å²) < 4.78 is 44.3. The number of rotatable bonds is 10. The summed E-state index contributed by atoms with van der Waals surface area (Å²) in [4.78, 5) is 17.0. The molecule has 0 radical (unpaired) electrons. The molecule has 15 nitrogen and oxygen atoms in total. The van der Waals surface area contributed by atoms with Crippen molar-refractivity contribution in [3.05, 3.63) is 0 Å². The fourth-order valence-electron chi connectivity index (χ4n) is 9.48. The topological polar surface area (TPSA) is 189 Å². The van der Waals surface area contributed by atoms with Gasteiger partial charge in [0.25, 0.3) is 0 Å². The van der Waals surface area contributed by atoms with E-state index in [9.17, 15) is 30.3 Å². The van der Waals surface area contributed by atoms with Crippen molar-refractivity contribution < 1.29 is 63.5 Å². The summed E-state index contributed by atoms with van der Waals surface area (Å²) in [5.74, 6) is -2.17. The van der Waals surface area contributed by atoms with Crippen LogP contribution in [0.25, 0.3) is 0 Å². The third-order valence-corrected chi connectivity index (χ3v) is 13.0. The van der Waals surface area contributed by atoms with E-state index in [0.717, 1.165) is 0 Å². The summed E-state index contributed by atoms with van der Waals surface area (Å²) in [6, 6.07) is -0.774. The minimum absolute atomic E-state index is 0.147. The Morgan fingerprint density at radius 1 is 0.895 bits per heavy atom. The van der Waals surface area contributed by atoms with Gasteiger partial charge in [-0.3, -0.25) is 9.69 Å². The molecule has 0 aromatic rings. The second-order valence-electron chi connectivity index (χ2n) is 18.5. The fraction of sp³-hybridized carbons (Fsp3) is 0.976. The molecule has 3 aliphatic heterocycles. The highest BCUT2D eigenvalue weighted by Crippen LogP contribution is 2.41. The number of esters is 1. The molecular formula is C42H80N2O13. The highest BCUT2D eigenvalue weighted by atomic mass is 16.7. The minimum Gasteiger partial charge on any atom is -0.458 e. The van der Waals surface area contributed by atoms with Crippen LogP contribution in [0, 0.1) is 17.8 Å². The third kappa shape index (κ3) is 12.1. The zero-order valence-corrected chi connectivity index (χ0v) is 37.6. The summed E-state index contributed by atoms with van der Waals surface area (Å²) in [6.45, 7) is 20.4. The van der Waals surface area contributed by atoms with Gasteiger partial charge in [-0.2, -0.15) is 0 Å². The molecular weight excluding hydrogens is 740 g/mol. The molecule has 15 heteroatoms. The molecule has 3 rings (SSSR count). The molecule has 2 unspecified atom stereocenters. The van der Waals surface area contributed by atoms with Gasteiger partial charge in [0.1, 0.15) is 23.9 Å². The molecule has 3 saturated heterocycles. The molecule has 0 spiro atoms. The summed E-state index contributed by atoms with van der Waals surface area (Å²) in [6.07, 6.45) is -8.52. The Balaban J connectivity index is 2.21. The van der Waals surface area contributed by atoms with Crippen LogP contribution in [-0.4, -0.2) is 173 Å². The molecule has 0 aromatic carbocycles. The third-order valence-electron chi connectivity index (χ3n) is 13.0. The van der Waals surface area contributed by atoms with E-state index in [1.165, 1.54) is 7.11 Å². The van der Waals surface area contributed by atoms with Crippen molar-refractivity contribution in [2.75, 3.05) is 34.8 Å². The van der Waals surface area contributed by atoms with E-state index in [0.29, 0.717) is 19.4 Å². The second-order valence-corrected chi connectivity index (χ2v) is 18.5. The van der Waals surface area contributed by atoms with Crippen LogP contribution < -0.4 is 0 Å². The van der Waals surface area contributed by atoms with Crippen molar-refractivity contribution in [1.29, 1.82) is 0 Å². The maximum Gasteiger partial charge on any atom is 0.306 e. The number of ether oxygens (including phenoxy) is 7. The Kier molecular flexibility index (Phi) is 18.2. The maximum atomic E-state index is 13.0. The van der Waals surface area contributed by atoms with Crippen molar-refractivity contribution in [2.45, 2.75) is 211 Å². The van der Waals surface area contributed by atoms with E-state index in [-0.39, 0.29) is 43.7 Å². The Hall–Kier alpha value is -1.05. The lowest BCUT2D eigenvalue weighted by atomic mass is 9.77. The predicted octanol–water partition coefficient (Wildman–Crippen LogP) is 3.04. The lowest BCUT2D eigenvalue weighted by Crippen LogP contribution is -2.61. The second kappa shape index (κ2) is 20.7. The molecule has 3 aliphatic rings. The summed E-state index contributed by atoms with van der Waals surface area (Å²) in [5, 5.41) is 59.7. The Bertz CT molecular complexity index is 1240. The first kappa shape index (κ1) is 50.3. The van der Waals surface area contributed by atoms with Crippen molar-refractivity contribution >= 4 is 5.97 Å². The first-order valence-corrected chi connectivity index (χ1v) is 21.2. The fourth-order valence-corrected chi connectivity index (χ4v) is 9.48. The average molecular weight is 821 g/mol. The van der Waals surface area contributed by atoms with Gasteiger partial charge in [0.15, 0.2) is 18.9 Å². The van der Waals surface area contributed by atoms with Crippen LogP contribution in [0.4, 0.5) is 0 Å². The lowest BCUT2D eigenvalue weighted by molar-refractivity contribution is -0.326. The number of carbonyl (C=O) groups excluding carboxylic acids is 1. The molecule has 19 atom stereocenters. The molecule has 0 amide bonds. The zero-order chi connectivity index (χ0) is 43.4. The first-order valence-electron chi connectivity index (χ1n) is 21.2. The Labute approximate surface area is 342 Å². The van der Waals surface area contributed by atoms with Crippen molar-refractivity contribution in [2.24, 2.45) is 17.8 Å². The van der Waals surface area contributed by atoms with E-state index in [4.69, 9.17) is 33.2 Å². The zero-order valence-electron chi connectivity index (χ0n) is 37.6. The van der Waals surface area contributed by atoms with E-state index in [2.05, 4.69) is 0 Å². The Morgan fingerprint density at radius 3 is 2.09 bits per heavy atom. The van der Waals surface area contributed by atoms with Gasteiger partial charge >= 0.3 is 5.97 Å². The van der Waals surface area contributed by atoms with E-state index < -0.39 is 102 Å². The Morgan fingerprint density at radius 2 is 1.53 bits per heavy atom. The number of hydrogen-bond acceptors (Lipinski definition) is 15. The van der Waals surface area contributed by atoms with Crippen molar-refractivity contribution in [3.8, 4) is 0 Å².